The van der Waals surface area contributed by atoms with E-state index in [9.17, 15) is 0 Å². The minimum atomic E-state index is 1.00. The Morgan fingerprint density at radius 2 is 2.21 bits per heavy atom. The highest BCUT2D eigenvalue weighted by molar-refractivity contribution is 5.56. The van der Waals surface area contributed by atoms with Crippen molar-refractivity contribution in [2.24, 2.45) is 5.92 Å². The van der Waals surface area contributed by atoms with Crippen LogP contribution >= 0.6 is 0 Å². The standard InChI is InChI=1S/C13H17N/c1-3-11(9-10-6-7-10)12-4-2-8-14-13(12)5-1/h1,3,5,10,14H,2,4,6-9H2. The summed E-state index contributed by atoms with van der Waals surface area (Å²) in [6.07, 6.45) is 6.82. The van der Waals surface area contributed by atoms with Gasteiger partial charge < -0.3 is 5.32 Å². The normalized spacial score (nSPS) is 20.0. The Bertz CT molecular complexity index is 339. The first-order valence-corrected chi connectivity index (χ1v) is 5.78. The van der Waals surface area contributed by atoms with Gasteiger partial charge in [0, 0.05) is 12.2 Å². The van der Waals surface area contributed by atoms with Crippen molar-refractivity contribution in [1.82, 2.24) is 0 Å². The van der Waals surface area contributed by atoms with Gasteiger partial charge in [-0.1, -0.05) is 12.1 Å². The van der Waals surface area contributed by atoms with Gasteiger partial charge in [0.1, 0.15) is 0 Å². The number of nitrogens with one attached hydrogen (secondary N) is 1. The Morgan fingerprint density at radius 1 is 1.29 bits per heavy atom. The van der Waals surface area contributed by atoms with Gasteiger partial charge in [-0.05, 0) is 55.2 Å². The predicted octanol–water partition coefficient (Wildman–Crippen LogP) is 3.00. The van der Waals surface area contributed by atoms with Crippen LogP contribution in [0, 0.1) is 5.92 Å². The van der Waals surface area contributed by atoms with E-state index < -0.39 is 0 Å². The van der Waals surface area contributed by atoms with E-state index >= 15 is 0 Å². The average Bonchev–Trinajstić information content (AvgIpc) is 3.03. The topological polar surface area (TPSA) is 12.0 Å². The van der Waals surface area contributed by atoms with Crippen LogP contribution in [0.3, 0.4) is 0 Å². The van der Waals surface area contributed by atoms with E-state index in [2.05, 4.69) is 23.5 Å². The minimum Gasteiger partial charge on any atom is -0.385 e. The maximum absolute atomic E-state index is 3.50. The third-order valence-electron chi connectivity index (χ3n) is 3.40. The zero-order valence-electron chi connectivity index (χ0n) is 8.55. The lowest BCUT2D eigenvalue weighted by atomic mass is 9.94. The summed E-state index contributed by atoms with van der Waals surface area (Å²) in [6.45, 7) is 1.15. The molecule has 14 heavy (non-hydrogen) atoms. The van der Waals surface area contributed by atoms with E-state index in [-0.39, 0.29) is 0 Å². The van der Waals surface area contributed by atoms with Crippen LogP contribution in [0.2, 0.25) is 0 Å². The Kier molecular flexibility index (Phi) is 1.97. The van der Waals surface area contributed by atoms with Crippen molar-refractivity contribution in [1.29, 1.82) is 0 Å². The molecule has 2 aliphatic rings. The lowest BCUT2D eigenvalue weighted by Crippen LogP contribution is -2.13. The third kappa shape index (κ3) is 1.52. The van der Waals surface area contributed by atoms with Crippen molar-refractivity contribution < 1.29 is 0 Å². The van der Waals surface area contributed by atoms with E-state index in [4.69, 9.17) is 0 Å². The number of rotatable bonds is 2. The van der Waals surface area contributed by atoms with Crippen molar-refractivity contribution in [3.05, 3.63) is 29.3 Å². The van der Waals surface area contributed by atoms with Crippen molar-refractivity contribution in [3.8, 4) is 0 Å². The van der Waals surface area contributed by atoms with Gasteiger partial charge in [0.05, 0.1) is 0 Å². The first-order chi connectivity index (χ1) is 6.93. The van der Waals surface area contributed by atoms with Gasteiger partial charge in [-0.3, -0.25) is 0 Å². The molecule has 1 saturated carbocycles. The zero-order valence-corrected chi connectivity index (χ0v) is 8.55. The first-order valence-electron chi connectivity index (χ1n) is 5.78. The predicted molar refractivity (Wildman–Crippen MR) is 59.7 cm³/mol. The Hall–Kier alpha value is -0.980. The minimum absolute atomic E-state index is 1.00. The van der Waals surface area contributed by atoms with Crippen molar-refractivity contribution in [2.75, 3.05) is 11.9 Å². The van der Waals surface area contributed by atoms with Crippen LogP contribution in [0.5, 0.6) is 0 Å². The van der Waals surface area contributed by atoms with Crippen LogP contribution < -0.4 is 5.32 Å². The summed E-state index contributed by atoms with van der Waals surface area (Å²) in [5, 5.41) is 3.50. The molecule has 1 fully saturated rings. The molecule has 0 spiro atoms. The summed E-state index contributed by atoms with van der Waals surface area (Å²) in [5.74, 6) is 1.00. The largest absolute Gasteiger partial charge is 0.385 e. The van der Waals surface area contributed by atoms with E-state index in [0.29, 0.717) is 0 Å². The molecule has 1 heterocycles. The molecule has 0 amide bonds. The molecular formula is C13H17N. The SMILES string of the molecule is c1cc(CC2CC2)c2c(c1)NCCC2. The van der Waals surface area contributed by atoms with Gasteiger partial charge in [0.25, 0.3) is 0 Å². The van der Waals surface area contributed by atoms with Crippen molar-refractivity contribution in [2.45, 2.75) is 32.1 Å². The second-order valence-electron chi connectivity index (χ2n) is 4.62. The average molecular weight is 187 g/mol. The fourth-order valence-corrected chi connectivity index (χ4v) is 2.41. The fourth-order valence-electron chi connectivity index (χ4n) is 2.41. The first kappa shape index (κ1) is 8.34. The summed E-state index contributed by atoms with van der Waals surface area (Å²) in [4.78, 5) is 0. The third-order valence-corrected chi connectivity index (χ3v) is 3.40. The molecule has 3 rings (SSSR count). The van der Waals surface area contributed by atoms with Crippen LogP contribution in [0.25, 0.3) is 0 Å². The summed E-state index contributed by atoms with van der Waals surface area (Å²) >= 11 is 0. The van der Waals surface area contributed by atoms with Gasteiger partial charge in [0.2, 0.25) is 0 Å². The Labute approximate surface area is 85.5 Å². The van der Waals surface area contributed by atoms with Crippen LogP contribution in [0.4, 0.5) is 5.69 Å². The van der Waals surface area contributed by atoms with Crippen LogP contribution in [-0.2, 0) is 12.8 Å². The molecule has 0 atom stereocenters. The second-order valence-corrected chi connectivity index (χ2v) is 4.62. The molecule has 0 aromatic heterocycles. The van der Waals surface area contributed by atoms with Crippen LogP contribution in [-0.4, -0.2) is 6.54 Å². The molecule has 0 saturated heterocycles. The van der Waals surface area contributed by atoms with Crippen LogP contribution in [0.15, 0.2) is 18.2 Å². The highest BCUT2D eigenvalue weighted by atomic mass is 14.9. The highest BCUT2D eigenvalue weighted by Crippen LogP contribution is 2.35. The molecule has 0 radical (unpaired) electrons. The van der Waals surface area contributed by atoms with Gasteiger partial charge in [0.15, 0.2) is 0 Å². The van der Waals surface area contributed by atoms with E-state index in [1.54, 1.807) is 11.1 Å². The summed E-state index contributed by atoms with van der Waals surface area (Å²) in [5.41, 5.74) is 4.61. The molecule has 1 aliphatic carbocycles. The second kappa shape index (κ2) is 3.30. The molecule has 1 N–H and O–H groups in total. The molecule has 1 nitrogen and oxygen atoms in total. The smallest absolute Gasteiger partial charge is 0.0375 e. The Morgan fingerprint density at radius 3 is 3.07 bits per heavy atom. The molecule has 0 bridgehead atoms. The number of fused-ring (bicyclic) bond motifs is 1. The quantitative estimate of drug-likeness (QED) is 0.750. The zero-order chi connectivity index (χ0) is 9.38. The molecular weight excluding hydrogens is 170 g/mol. The van der Waals surface area contributed by atoms with Crippen molar-refractivity contribution >= 4 is 5.69 Å². The monoisotopic (exact) mass is 187 g/mol. The van der Waals surface area contributed by atoms with Gasteiger partial charge in [-0.25, -0.2) is 0 Å². The van der Waals surface area contributed by atoms with Crippen LogP contribution in [0.1, 0.15) is 30.4 Å². The summed E-state index contributed by atoms with van der Waals surface area (Å²) in [7, 11) is 0. The molecule has 1 aromatic carbocycles. The summed E-state index contributed by atoms with van der Waals surface area (Å²) in [6, 6.07) is 6.75. The summed E-state index contributed by atoms with van der Waals surface area (Å²) < 4.78 is 0. The van der Waals surface area contributed by atoms with Gasteiger partial charge in [-0.15, -0.1) is 0 Å². The lowest BCUT2D eigenvalue weighted by Gasteiger charge is -2.20. The Balaban J connectivity index is 1.92. The molecule has 0 unspecified atom stereocenters. The van der Waals surface area contributed by atoms with Gasteiger partial charge in [-0.2, -0.15) is 0 Å². The molecule has 74 valence electrons. The van der Waals surface area contributed by atoms with Gasteiger partial charge >= 0.3 is 0 Å². The highest BCUT2D eigenvalue weighted by Gasteiger charge is 2.23. The number of hydrogen-bond acceptors (Lipinski definition) is 1. The molecule has 1 aliphatic heterocycles. The maximum Gasteiger partial charge on any atom is 0.0375 e. The van der Waals surface area contributed by atoms with E-state index in [0.717, 1.165) is 12.5 Å². The molecule has 1 heteroatoms. The maximum atomic E-state index is 3.50. The molecule has 1 aromatic rings. The van der Waals surface area contributed by atoms with Crippen molar-refractivity contribution in [3.63, 3.8) is 0 Å². The van der Waals surface area contributed by atoms with E-state index in [1.807, 2.05) is 0 Å². The lowest BCUT2D eigenvalue weighted by molar-refractivity contribution is 0.779. The number of benzene rings is 1. The van der Waals surface area contributed by atoms with E-state index in [1.165, 1.54) is 37.8 Å². The fraction of sp³-hybridized carbons (Fsp3) is 0.538. The number of anilines is 1. The number of hydrogen-bond donors (Lipinski definition) is 1.